The van der Waals surface area contributed by atoms with Gasteiger partial charge in [0.25, 0.3) is 0 Å². The summed E-state index contributed by atoms with van der Waals surface area (Å²) in [5.74, 6) is 0.115. The molecule has 1 fully saturated rings. The fraction of sp³-hybridized carbons (Fsp3) is 0.500. The average Bonchev–Trinajstić information content (AvgIpc) is 2.85. The number of fused-ring (bicyclic) bond motifs is 1. The van der Waals surface area contributed by atoms with Crippen molar-refractivity contribution < 1.29 is 4.79 Å². The number of hydrogen-bond donors (Lipinski definition) is 1. The number of hydrogen-bond acceptors (Lipinski definition) is 3. The van der Waals surface area contributed by atoms with E-state index in [1.807, 2.05) is 29.2 Å². The van der Waals surface area contributed by atoms with Crippen LogP contribution in [0.15, 0.2) is 30.5 Å². The van der Waals surface area contributed by atoms with Crippen LogP contribution in [0.5, 0.6) is 0 Å². The lowest BCUT2D eigenvalue weighted by Gasteiger charge is -2.42. The van der Waals surface area contributed by atoms with Crippen LogP contribution in [0.1, 0.15) is 20.3 Å². The summed E-state index contributed by atoms with van der Waals surface area (Å²) >= 11 is 0. The van der Waals surface area contributed by atoms with Gasteiger partial charge < -0.3 is 10.6 Å². The molecule has 1 aromatic carbocycles. The number of nitrogens with two attached hydrogens (primary N) is 1. The maximum absolute atomic E-state index is 12.5. The van der Waals surface area contributed by atoms with E-state index in [-0.39, 0.29) is 29.8 Å². The maximum Gasteiger partial charge on any atom is 0.244 e. The first-order chi connectivity index (χ1) is 9.97. The summed E-state index contributed by atoms with van der Waals surface area (Å²) < 4.78 is 1.78. The van der Waals surface area contributed by atoms with Crippen molar-refractivity contribution in [2.45, 2.75) is 32.9 Å². The Bertz CT molecular complexity index is 667. The molecule has 0 bridgehead atoms. The first kappa shape index (κ1) is 16.8. The Kier molecular flexibility index (Phi) is 4.78. The average molecular weight is 323 g/mol. The third-order valence-electron chi connectivity index (χ3n) is 4.50. The van der Waals surface area contributed by atoms with Crippen LogP contribution < -0.4 is 5.73 Å². The van der Waals surface area contributed by atoms with E-state index in [1.54, 1.807) is 10.9 Å². The Labute approximate surface area is 136 Å². The molecule has 1 aliphatic rings. The van der Waals surface area contributed by atoms with E-state index in [2.05, 4.69) is 18.9 Å². The third-order valence-corrected chi connectivity index (χ3v) is 4.50. The minimum absolute atomic E-state index is 0. The summed E-state index contributed by atoms with van der Waals surface area (Å²) in [4.78, 5) is 14.4. The van der Waals surface area contributed by atoms with Gasteiger partial charge >= 0.3 is 0 Å². The van der Waals surface area contributed by atoms with Crippen LogP contribution in [0.4, 0.5) is 0 Å². The highest BCUT2D eigenvalue weighted by Gasteiger charge is 2.35. The van der Waals surface area contributed by atoms with Gasteiger partial charge in [0.15, 0.2) is 0 Å². The number of benzene rings is 1. The first-order valence-corrected chi connectivity index (χ1v) is 7.41. The van der Waals surface area contributed by atoms with E-state index in [4.69, 9.17) is 5.73 Å². The first-order valence-electron chi connectivity index (χ1n) is 7.41. The molecule has 2 aromatic rings. The van der Waals surface area contributed by atoms with E-state index in [0.717, 1.165) is 23.9 Å². The van der Waals surface area contributed by atoms with Gasteiger partial charge in [0.2, 0.25) is 5.91 Å². The maximum atomic E-state index is 12.5. The van der Waals surface area contributed by atoms with Crippen molar-refractivity contribution in [2.24, 2.45) is 11.1 Å². The molecule has 1 aromatic heterocycles. The van der Waals surface area contributed by atoms with Crippen molar-refractivity contribution >= 4 is 29.2 Å². The lowest BCUT2D eigenvalue weighted by atomic mass is 9.79. The van der Waals surface area contributed by atoms with E-state index < -0.39 is 0 Å². The topological polar surface area (TPSA) is 64.2 Å². The molecule has 5 nitrogen and oxygen atoms in total. The molecule has 1 atom stereocenters. The summed E-state index contributed by atoms with van der Waals surface area (Å²) in [6.45, 7) is 5.99. The van der Waals surface area contributed by atoms with Gasteiger partial charge in [0, 0.05) is 24.5 Å². The summed E-state index contributed by atoms with van der Waals surface area (Å²) in [6.07, 6.45) is 2.66. The van der Waals surface area contributed by atoms with Crippen molar-refractivity contribution in [2.75, 3.05) is 13.1 Å². The Morgan fingerprint density at radius 3 is 2.86 bits per heavy atom. The van der Waals surface area contributed by atoms with E-state index in [1.165, 1.54) is 0 Å². The van der Waals surface area contributed by atoms with Crippen molar-refractivity contribution in [1.29, 1.82) is 0 Å². The second kappa shape index (κ2) is 6.26. The van der Waals surface area contributed by atoms with Crippen molar-refractivity contribution in [3.05, 3.63) is 30.5 Å². The van der Waals surface area contributed by atoms with E-state index >= 15 is 0 Å². The molecule has 0 saturated carbocycles. The number of nitrogens with zero attached hydrogens (tertiary/aromatic N) is 3. The third kappa shape index (κ3) is 3.10. The molecule has 6 heteroatoms. The SMILES string of the molecule is CC1(C)CN(C(=O)Cn2ncc3ccccc32)CCC1N.Cl. The van der Waals surface area contributed by atoms with Crippen LogP contribution in [0.25, 0.3) is 10.9 Å². The summed E-state index contributed by atoms with van der Waals surface area (Å²) in [5.41, 5.74) is 7.10. The molecule has 2 heterocycles. The summed E-state index contributed by atoms with van der Waals surface area (Å²) in [6, 6.07) is 8.10. The molecule has 0 aliphatic carbocycles. The largest absolute Gasteiger partial charge is 0.340 e. The number of carbonyl (C=O) groups is 1. The molecule has 1 saturated heterocycles. The summed E-state index contributed by atoms with van der Waals surface area (Å²) in [5, 5.41) is 5.39. The van der Waals surface area contributed by atoms with Gasteiger partial charge in [-0.1, -0.05) is 32.0 Å². The van der Waals surface area contributed by atoms with Crippen LogP contribution in [-0.2, 0) is 11.3 Å². The second-order valence-corrected chi connectivity index (χ2v) is 6.56. The number of rotatable bonds is 2. The highest BCUT2D eigenvalue weighted by molar-refractivity contribution is 5.85. The molecule has 120 valence electrons. The molecule has 1 aliphatic heterocycles. The number of piperidine rings is 1. The van der Waals surface area contributed by atoms with Gasteiger partial charge in [-0.05, 0) is 17.9 Å². The molecular formula is C16H23ClN4O. The monoisotopic (exact) mass is 322 g/mol. The molecular weight excluding hydrogens is 300 g/mol. The number of para-hydroxylation sites is 1. The highest BCUT2D eigenvalue weighted by atomic mass is 35.5. The second-order valence-electron chi connectivity index (χ2n) is 6.56. The molecule has 0 radical (unpaired) electrons. The minimum Gasteiger partial charge on any atom is -0.340 e. The zero-order valence-electron chi connectivity index (χ0n) is 13.0. The number of halogens is 1. The fourth-order valence-electron chi connectivity index (χ4n) is 2.97. The van der Waals surface area contributed by atoms with E-state index in [0.29, 0.717) is 13.1 Å². The number of amides is 1. The van der Waals surface area contributed by atoms with Gasteiger partial charge in [-0.2, -0.15) is 5.10 Å². The molecule has 22 heavy (non-hydrogen) atoms. The fourth-order valence-corrected chi connectivity index (χ4v) is 2.97. The standard InChI is InChI=1S/C16H22N4O.ClH/c1-16(2)11-19(8-7-14(16)17)15(21)10-20-13-6-4-3-5-12(13)9-18-20;/h3-6,9,14H,7-8,10-11,17H2,1-2H3;1H. The van der Waals surface area contributed by atoms with Crippen LogP contribution in [-0.4, -0.2) is 39.7 Å². The number of carbonyl (C=O) groups excluding carboxylic acids is 1. The molecule has 1 unspecified atom stereocenters. The minimum atomic E-state index is -0.0277. The quantitative estimate of drug-likeness (QED) is 0.920. The van der Waals surface area contributed by atoms with Crippen LogP contribution >= 0.6 is 12.4 Å². The lowest BCUT2D eigenvalue weighted by Crippen LogP contribution is -2.54. The highest BCUT2D eigenvalue weighted by Crippen LogP contribution is 2.27. The zero-order chi connectivity index (χ0) is 15.0. The molecule has 0 spiro atoms. The van der Waals surface area contributed by atoms with Crippen molar-refractivity contribution in [3.8, 4) is 0 Å². The Balaban J connectivity index is 0.00000176. The van der Waals surface area contributed by atoms with Gasteiger partial charge in [-0.15, -0.1) is 12.4 Å². The van der Waals surface area contributed by atoms with Gasteiger partial charge in [-0.25, -0.2) is 0 Å². The van der Waals surface area contributed by atoms with Gasteiger partial charge in [0.1, 0.15) is 6.54 Å². The molecule has 3 rings (SSSR count). The van der Waals surface area contributed by atoms with Crippen LogP contribution in [0, 0.1) is 5.41 Å². The lowest BCUT2D eigenvalue weighted by molar-refractivity contribution is -0.135. The van der Waals surface area contributed by atoms with Crippen LogP contribution in [0.2, 0.25) is 0 Å². The molecule has 2 N–H and O–H groups in total. The predicted octanol–water partition coefficient (Wildman–Crippen LogP) is 2.04. The Morgan fingerprint density at radius 2 is 2.14 bits per heavy atom. The Morgan fingerprint density at radius 1 is 1.41 bits per heavy atom. The molecule has 1 amide bonds. The Hall–Kier alpha value is -1.59. The summed E-state index contributed by atoms with van der Waals surface area (Å²) in [7, 11) is 0. The number of aromatic nitrogens is 2. The zero-order valence-corrected chi connectivity index (χ0v) is 13.8. The van der Waals surface area contributed by atoms with Gasteiger partial charge in [0.05, 0.1) is 11.7 Å². The predicted molar refractivity (Wildman–Crippen MR) is 89.9 cm³/mol. The van der Waals surface area contributed by atoms with E-state index in [9.17, 15) is 4.79 Å². The van der Waals surface area contributed by atoms with Crippen LogP contribution in [0.3, 0.4) is 0 Å². The normalized spacial score (nSPS) is 20.7. The number of likely N-dealkylation sites (tertiary alicyclic amines) is 1. The van der Waals surface area contributed by atoms with Gasteiger partial charge in [-0.3, -0.25) is 9.48 Å². The smallest absolute Gasteiger partial charge is 0.244 e. The van der Waals surface area contributed by atoms with Crippen molar-refractivity contribution in [1.82, 2.24) is 14.7 Å². The van der Waals surface area contributed by atoms with Crippen molar-refractivity contribution in [3.63, 3.8) is 0 Å².